The summed E-state index contributed by atoms with van der Waals surface area (Å²) in [5.74, 6) is 0. The second kappa shape index (κ2) is 12.4. The van der Waals surface area contributed by atoms with Gasteiger partial charge >= 0.3 is 0 Å². The molecule has 1 rings (SSSR count). The van der Waals surface area contributed by atoms with Gasteiger partial charge in [0.2, 0.25) is 0 Å². The van der Waals surface area contributed by atoms with Crippen molar-refractivity contribution >= 4 is 0 Å². The summed E-state index contributed by atoms with van der Waals surface area (Å²) in [4.78, 5) is 0. The summed E-state index contributed by atoms with van der Waals surface area (Å²) >= 11 is 0. The van der Waals surface area contributed by atoms with Crippen molar-refractivity contribution in [1.29, 1.82) is 0 Å². The number of unbranched alkanes of at least 4 members (excludes halogenated alkanes) is 1. The summed E-state index contributed by atoms with van der Waals surface area (Å²) in [5.41, 5.74) is 5.37. The molecule has 1 aromatic carbocycles. The standard InChI is InChI=1S/C18H34N4O/c1-18(23,17-9-3-2-4-10-17)22-16-8-15-21-13-6-5-12-20-14-7-11-19/h2-4,9-10,20-23H,5-8,11-16,19H2,1H3. The highest BCUT2D eigenvalue weighted by atomic mass is 16.3. The first-order chi connectivity index (χ1) is 11.2. The van der Waals surface area contributed by atoms with E-state index in [2.05, 4.69) is 16.0 Å². The first-order valence-electron chi connectivity index (χ1n) is 8.81. The SMILES string of the molecule is CC(O)(NCCCNCCCCNCCCN)c1ccccc1. The number of benzene rings is 1. The van der Waals surface area contributed by atoms with Crippen molar-refractivity contribution in [3.63, 3.8) is 0 Å². The van der Waals surface area contributed by atoms with Crippen LogP contribution in [0.15, 0.2) is 30.3 Å². The van der Waals surface area contributed by atoms with Crippen molar-refractivity contribution in [2.45, 2.75) is 38.3 Å². The molecule has 0 spiro atoms. The van der Waals surface area contributed by atoms with Crippen LogP contribution in [0.2, 0.25) is 0 Å². The van der Waals surface area contributed by atoms with E-state index in [1.54, 1.807) is 6.92 Å². The van der Waals surface area contributed by atoms with E-state index in [9.17, 15) is 5.11 Å². The molecule has 5 nitrogen and oxygen atoms in total. The third-order valence-corrected chi connectivity index (χ3v) is 3.85. The van der Waals surface area contributed by atoms with Gasteiger partial charge in [-0.05, 0) is 77.4 Å². The maximum Gasteiger partial charge on any atom is 0.139 e. The summed E-state index contributed by atoms with van der Waals surface area (Å²) in [6, 6.07) is 9.72. The molecular weight excluding hydrogens is 288 g/mol. The van der Waals surface area contributed by atoms with E-state index in [0.29, 0.717) is 0 Å². The van der Waals surface area contributed by atoms with Gasteiger partial charge in [-0.2, -0.15) is 0 Å². The lowest BCUT2D eigenvalue weighted by Gasteiger charge is -2.25. The van der Waals surface area contributed by atoms with Crippen molar-refractivity contribution < 1.29 is 5.11 Å². The summed E-state index contributed by atoms with van der Waals surface area (Å²) < 4.78 is 0. The topological polar surface area (TPSA) is 82.3 Å². The quantitative estimate of drug-likeness (QED) is 0.262. The van der Waals surface area contributed by atoms with Gasteiger partial charge in [0.25, 0.3) is 0 Å². The molecule has 1 atom stereocenters. The Hall–Kier alpha value is -0.980. The Labute approximate surface area is 141 Å². The van der Waals surface area contributed by atoms with Gasteiger partial charge in [-0.1, -0.05) is 30.3 Å². The van der Waals surface area contributed by atoms with Crippen LogP contribution < -0.4 is 21.7 Å². The first kappa shape index (κ1) is 20.1. The zero-order chi connectivity index (χ0) is 16.8. The summed E-state index contributed by atoms with van der Waals surface area (Å²) in [7, 11) is 0. The molecule has 0 aromatic heterocycles. The molecule has 0 aliphatic rings. The fourth-order valence-corrected chi connectivity index (χ4v) is 2.39. The van der Waals surface area contributed by atoms with Gasteiger partial charge in [0.05, 0.1) is 0 Å². The van der Waals surface area contributed by atoms with Crippen LogP contribution in [-0.2, 0) is 5.72 Å². The predicted octanol–water partition coefficient (Wildman–Crippen LogP) is 1.14. The average Bonchev–Trinajstić information content (AvgIpc) is 2.56. The molecule has 0 saturated carbocycles. The average molecular weight is 322 g/mol. The minimum Gasteiger partial charge on any atom is -0.372 e. The Morgan fingerprint density at radius 2 is 1.43 bits per heavy atom. The molecule has 0 amide bonds. The Balaban J connectivity index is 1.93. The van der Waals surface area contributed by atoms with Crippen LogP contribution in [0, 0.1) is 0 Å². The van der Waals surface area contributed by atoms with Crippen LogP contribution in [-0.4, -0.2) is 44.4 Å². The number of hydrogen-bond donors (Lipinski definition) is 5. The Kier molecular flexibility index (Phi) is 10.9. The van der Waals surface area contributed by atoms with E-state index < -0.39 is 5.72 Å². The lowest BCUT2D eigenvalue weighted by molar-refractivity contribution is 0.0200. The lowest BCUT2D eigenvalue weighted by atomic mass is 10.1. The highest BCUT2D eigenvalue weighted by Crippen LogP contribution is 2.16. The van der Waals surface area contributed by atoms with E-state index in [0.717, 1.165) is 57.7 Å². The van der Waals surface area contributed by atoms with E-state index in [1.165, 1.54) is 12.8 Å². The molecule has 1 aromatic rings. The third kappa shape index (κ3) is 9.69. The van der Waals surface area contributed by atoms with Crippen LogP contribution in [0.5, 0.6) is 0 Å². The molecule has 0 saturated heterocycles. The molecular formula is C18H34N4O. The lowest BCUT2D eigenvalue weighted by Crippen LogP contribution is -2.40. The van der Waals surface area contributed by atoms with Crippen molar-refractivity contribution in [3.8, 4) is 0 Å². The molecule has 1 unspecified atom stereocenters. The molecule has 0 aliphatic carbocycles. The molecule has 6 N–H and O–H groups in total. The summed E-state index contributed by atoms with van der Waals surface area (Å²) in [6.07, 6.45) is 4.43. The zero-order valence-electron chi connectivity index (χ0n) is 14.5. The van der Waals surface area contributed by atoms with E-state index in [4.69, 9.17) is 5.73 Å². The van der Waals surface area contributed by atoms with Crippen LogP contribution in [0.4, 0.5) is 0 Å². The van der Waals surface area contributed by atoms with Crippen molar-refractivity contribution in [1.82, 2.24) is 16.0 Å². The predicted molar refractivity (Wildman–Crippen MR) is 97.3 cm³/mol. The van der Waals surface area contributed by atoms with Crippen LogP contribution in [0.25, 0.3) is 0 Å². The molecule has 0 radical (unpaired) electrons. The van der Waals surface area contributed by atoms with Gasteiger partial charge in [0.1, 0.15) is 5.72 Å². The van der Waals surface area contributed by atoms with E-state index in [1.807, 2.05) is 30.3 Å². The van der Waals surface area contributed by atoms with Crippen molar-refractivity contribution in [3.05, 3.63) is 35.9 Å². The molecule has 0 heterocycles. The highest BCUT2D eigenvalue weighted by Gasteiger charge is 2.20. The Bertz CT molecular complexity index is 384. The Morgan fingerprint density at radius 1 is 0.870 bits per heavy atom. The number of rotatable bonds is 14. The van der Waals surface area contributed by atoms with Gasteiger partial charge < -0.3 is 21.5 Å². The van der Waals surface area contributed by atoms with Crippen molar-refractivity contribution in [2.24, 2.45) is 5.73 Å². The van der Waals surface area contributed by atoms with Crippen molar-refractivity contribution in [2.75, 3.05) is 39.3 Å². The molecule has 0 fully saturated rings. The first-order valence-corrected chi connectivity index (χ1v) is 8.81. The van der Waals surface area contributed by atoms with Crippen LogP contribution in [0.1, 0.15) is 38.2 Å². The van der Waals surface area contributed by atoms with Gasteiger partial charge in [-0.25, -0.2) is 0 Å². The second-order valence-electron chi connectivity index (χ2n) is 6.07. The molecule has 23 heavy (non-hydrogen) atoms. The molecule has 0 aliphatic heterocycles. The number of hydrogen-bond acceptors (Lipinski definition) is 5. The molecule has 5 heteroatoms. The van der Waals surface area contributed by atoms with Gasteiger partial charge in [0.15, 0.2) is 0 Å². The molecule has 0 bridgehead atoms. The minimum absolute atomic E-state index is 0.764. The van der Waals surface area contributed by atoms with E-state index >= 15 is 0 Å². The third-order valence-electron chi connectivity index (χ3n) is 3.85. The number of nitrogens with one attached hydrogen (secondary N) is 3. The van der Waals surface area contributed by atoms with E-state index in [-0.39, 0.29) is 0 Å². The van der Waals surface area contributed by atoms with Gasteiger partial charge in [0, 0.05) is 0 Å². The number of aliphatic hydroxyl groups is 1. The highest BCUT2D eigenvalue weighted by molar-refractivity contribution is 5.20. The maximum atomic E-state index is 10.4. The van der Waals surface area contributed by atoms with Gasteiger partial charge in [-0.15, -0.1) is 0 Å². The largest absolute Gasteiger partial charge is 0.372 e. The normalized spacial score (nSPS) is 13.9. The fourth-order valence-electron chi connectivity index (χ4n) is 2.39. The molecule has 132 valence electrons. The minimum atomic E-state index is -0.962. The summed E-state index contributed by atoms with van der Waals surface area (Å²) in [5, 5.41) is 20.4. The fraction of sp³-hybridized carbons (Fsp3) is 0.667. The number of nitrogens with two attached hydrogens (primary N) is 1. The van der Waals surface area contributed by atoms with Gasteiger partial charge in [-0.3, -0.25) is 5.32 Å². The van der Waals surface area contributed by atoms with Crippen LogP contribution in [0.3, 0.4) is 0 Å². The monoisotopic (exact) mass is 322 g/mol. The second-order valence-corrected chi connectivity index (χ2v) is 6.07. The summed E-state index contributed by atoms with van der Waals surface area (Å²) in [6.45, 7) is 7.47. The van der Waals surface area contributed by atoms with Crippen LogP contribution >= 0.6 is 0 Å². The Morgan fingerprint density at radius 3 is 2.04 bits per heavy atom. The maximum absolute atomic E-state index is 10.4. The zero-order valence-corrected chi connectivity index (χ0v) is 14.5. The smallest absolute Gasteiger partial charge is 0.139 e.